The van der Waals surface area contributed by atoms with Crippen LogP contribution >= 0.6 is 0 Å². The number of hydrogen-bond donors (Lipinski definition) is 3. The lowest BCUT2D eigenvalue weighted by Crippen LogP contribution is -2.47. The summed E-state index contributed by atoms with van der Waals surface area (Å²) in [4.78, 5) is 16.9. The first kappa shape index (κ1) is 15.8. The van der Waals surface area contributed by atoms with Crippen LogP contribution in [0.15, 0.2) is 12.1 Å². The van der Waals surface area contributed by atoms with Crippen LogP contribution in [0.4, 0.5) is 5.82 Å². The number of nitrogen functional groups attached to an aromatic ring is 1. The van der Waals surface area contributed by atoms with E-state index in [1.807, 2.05) is 6.07 Å². The molecule has 0 aromatic carbocycles. The maximum Gasteiger partial charge on any atom is 0.251 e. The molecular weight excluding hydrogens is 264 g/mol. The second kappa shape index (κ2) is 6.89. The average molecular weight is 290 g/mol. The molecule has 5 heteroatoms. The van der Waals surface area contributed by atoms with Gasteiger partial charge in [0.1, 0.15) is 5.82 Å². The SMILES string of the molecule is CCCc1cc(C(=O)NC2(C)CCCCC2)cc(NN)n1. The Kier molecular flexibility index (Phi) is 5.17. The Morgan fingerprint density at radius 1 is 1.33 bits per heavy atom. The lowest BCUT2D eigenvalue weighted by molar-refractivity contribution is 0.0882. The lowest BCUT2D eigenvalue weighted by Gasteiger charge is -2.34. The molecule has 5 nitrogen and oxygen atoms in total. The first-order valence-corrected chi connectivity index (χ1v) is 7.86. The number of carbonyl (C=O) groups is 1. The van der Waals surface area contributed by atoms with Gasteiger partial charge in [0.25, 0.3) is 5.91 Å². The number of rotatable bonds is 5. The summed E-state index contributed by atoms with van der Waals surface area (Å²) in [5.41, 5.74) is 3.99. The minimum absolute atomic E-state index is 0.0318. The van der Waals surface area contributed by atoms with E-state index in [1.165, 1.54) is 19.3 Å². The highest BCUT2D eigenvalue weighted by Gasteiger charge is 2.28. The maximum atomic E-state index is 12.5. The summed E-state index contributed by atoms with van der Waals surface area (Å²) < 4.78 is 0. The summed E-state index contributed by atoms with van der Waals surface area (Å²) in [6.45, 7) is 4.23. The van der Waals surface area contributed by atoms with Gasteiger partial charge in [0.15, 0.2) is 0 Å². The van der Waals surface area contributed by atoms with Crippen molar-refractivity contribution in [1.29, 1.82) is 0 Å². The van der Waals surface area contributed by atoms with Gasteiger partial charge in [-0.3, -0.25) is 4.79 Å². The van der Waals surface area contributed by atoms with Gasteiger partial charge in [0.05, 0.1) is 0 Å². The highest BCUT2D eigenvalue weighted by atomic mass is 16.1. The molecule has 2 rings (SSSR count). The summed E-state index contributed by atoms with van der Waals surface area (Å²) in [5, 5.41) is 3.20. The molecule has 0 bridgehead atoms. The molecule has 1 aromatic heterocycles. The quantitative estimate of drug-likeness (QED) is 0.575. The molecule has 116 valence electrons. The second-order valence-electron chi connectivity index (χ2n) is 6.20. The molecule has 1 aromatic rings. The van der Waals surface area contributed by atoms with Crippen LogP contribution in [-0.2, 0) is 6.42 Å². The Labute approximate surface area is 126 Å². The fraction of sp³-hybridized carbons (Fsp3) is 0.625. The minimum atomic E-state index is -0.0835. The molecule has 0 saturated heterocycles. The van der Waals surface area contributed by atoms with Gasteiger partial charge < -0.3 is 10.7 Å². The predicted molar refractivity (Wildman–Crippen MR) is 85.0 cm³/mol. The predicted octanol–water partition coefficient (Wildman–Crippen LogP) is 2.77. The van der Waals surface area contributed by atoms with Gasteiger partial charge in [0, 0.05) is 16.8 Å². The molecule has 1 saturated carbocycles. The lowest BCUT2D eigenvalue weighted by atomic mass is 9.83. The Balaban J connectivity index is 2.15. The van der Waals surface area contributed by atoms with Crippen molar-refractivity contribution in [1.82, 2.24) is 10.3 Å². The van der Waals surface area contributed by atoms with E-state index in [9.17, 15) is 4.79 Å². The molecule has 0 aliphatic heterocycles. The molecular formula is C16H26N4O. The van der Waals surface area contributed by atoms with Crippen LogP contribution in [0.5, 0.6) is 0 Å². The molecule has 21 heavy (non-hydrogen) atoms. The van der Waals surface area contributed by atoms with Crippen molar-refractivity contribution < 1.29 is 4.79 Å². The van der Waals surface area contributed by atoms with E-state index in [2.05, 4.69) is 29.6 Å². The number of aryl methyl sites for hydroxylation is 1. The summed E-state index contributed by atoms with van der Waals surface area (Å²) in [7, 11) is 0. The van der Waals surface area contributed by atoms with Crippen LogP contribution in [0.1, 0.15) is 68.4 Å². The van der Waals surface area contributed by atoms with Crippen LogP contribution in [0.2, 0.25) is 0 Å². The fourth-order valence-electron chi connectivity index (χ4n) is 2.98. The summed E-state index contributed by atoms with van der Waals surface area (Å²) >= 11 is 0. The Morgan fingerprint density at radius 3 is 2.67 bits per heavy atom. The summed E-state index contributed by atoms with van der Waals surface area (Å²) in [6.07, 6.45) is 7.56. The number of carbonyl (C=O) groups excluding carboxylic acids is 1. The molecule has 4 N–H and O–H groups in total. The van der Waals surface area contributed by atoms with Crippen molar-refractivity contribution >= 4 is 11.7 Å². The number of amides is 1. The van der Waals surface area contributed by atoms with Crippen LogP contribution < -0.4 is 16.6 Å². The van der Waals surface area contributed by atoms with E-state index in [0.717, 1.165) is 31.4 Å². The van der Waals surface area contributed by atoms with Crippen molar-refractivity contribution in [2.24, 2.45) is 5.84 Å². The standard InChI is InChI=1S/C16H26N4O/c1-3-7-13-10-12(11-14(18-13)20-17)15(21)19-16(2)8-5-4-6-9-16/h10-11H,3-9,17H2,1-2H3,(H,18,20)(H,19,21). The van der Waals surface area contributed by atoms with Gasteiger partial charge >= 0.3 is 0 Å². The van der Waals surface area contributed by atoms with E-state index in [1.54, 1.807) is 6.07 Å². The van der Waals surface area contributed by atoms with Gasteiger partial charge in [-0.25, -0.2) is 10.8 Å². The van der Waals surface area contributed by atoms with Crippen molar-refractivity contribution in [2.45, 2.75) is 64.3 Å². The van der Waals surface area contributed by atoms with Crippen molar-refractivity contribution in [3.63, 3.8) is 0 Å². The van der Waals surface area contributed by atoms with E-state index in [-0.39, 0.29) is 11.4 Å². The molecule has 0 spiro atoms. The maximum absolute atomic E-state index is 12.5. The molecule has 1 aliphatic rings. The number of nitrogens with zero attached hydrogens (tertiary/aromatic N) is 1. The van der Waals surface area contributed by atoms with Gasteiger partial charge in [-0.2, -0.15) is 0 Å². The number of nitrogens with two attached hydrogens (primary N) is 1. The van der Waals surface area contributed by atoms with Crippen molar-refractivity contribution in [3.05, 3.63) is 23.4 Å². The van der Waals surface area contributed by atoms with Crippen LogP contribution in [0.25, 0.3) is 0 Å². The number of hydrazine groups is 1. The van der Waals surface area contributed by atoms with Gasteiger partial charge in [0.2, 0.25) is 0 Å². The zero-order valence-corrected chi connectivity index (χ0v) is 13.0. The largest absolute Gasteiger partial charge is 0.347 e. The third-order valence-electron chi connectivity index (χ3n) is 4.17. The van der Waals surface area contributed by atoms with E-state index >= 15 is 0 Å². The molecule has 1 fully saturated rings. The van der Waals surface area contributed by atoms with Crippen LogP contribution in [-0.4, -0.2) is 16.4 Å². The molecule has 1 heterocycles. The van der Waals surface area contributed by atoms with E-state index < -0.39 is 0 Å². The highest BCUT2D eigenvalue weighted by molar-refractivity contribution is 5.95. The minimum Gasteiger partial charge on any atom is -0.347 e. The second-order valence-corrected chi connectivity index (χ2v) is 6.20. The third-order valence-corrected chi connectivity index (χ3v) is 4.17. The average Bonchev–Trinajstić information content (AvgIpc) is 2.47. The molecule has 0 atom stereocenters. The topological polar surface area (TPSA) is 80.0 Å². The van der Waals surface area contributed by atoms with E-state index in [4.69, 9.17) is 5.84 Å². The van der Waals surface area contributed by atoms with Crippen molar-refractivity contribution in [3.8, 4) is 0 Å². The molecule has 0 unspecified atom stereocenters. The Morgan fingerprint density at radius 2 is 2.05 bits per heavy atom. The first-order chi connectivity index (χ1) is 10.1. The first-order valence-electron chi connectivity index (χ1n) is 7.86. The zero-order valence-electron chi connectivity index (χ0n) is 13.0. The van der Waals surface area contributed by atoms with Gasteiger partial charge in [-0.1, -0.05) is 32.6 Å². The number of hydrogen-bond acceptors (Lipinski definition) is 4. The van der Waals surface area contributed by atoms with Crippen molar-refractivity contribution in [2.75, 3.05) is 5.43 Å². The van der Waals surface area contributed by atoms with Crippen LogP contribution in [0.3, 0.4) is 0 Å². The fourth-order valence-corrected chi connectivity index (χ4v) is 2.98. The highest BCUT2D eigenvalue weighted by Crippen LogP contribution is 2.28. The summed E-state index contributed by atoms with van der Waals surface area (Å²) in [5.74, 6) is 5.96. The molecule has 1 aliphatic carbocycles. The van der Waals surface area contributed by atoms with E-state index in [0.29, 0.717) is 11.4 Å². The number of anilines is 1. The number of nitrogens with one attached hydrogen (secondary N) is 2. The number of aromatic nitrogens is 1. The van der Waals surface area contributed by atoms with Gasteiger partial charge in [-0.05, 0) is 38.3 Å². The number of pyridine rings is 1. The Hall–Kier alpha value is -1.62. The monoisotopic (exact) mass is 290 g/mol. The Bertz CT molecular complexity index is 495. The third kappa shape index (κ3) is 4.17. The van der Waals surface area contributed by atoms with Gasteiger partial charge in [-0.15, -0.1) is 0 Å². The smallest absolute Gasteiger partial charge is 0.251 e. The molecule has 0 radical (unpaired) electrons. The van der Waals surface area contributed by atoms with Crippen LogP contribution in [0, 0.1) is 0 Å². The molecule has 1 amide bonds. The summed E-state index contributed by atoms with van der Waals surface area (Å²) in [6, 6.07) is 3.58. The zero-order chi connectivity index (χ0) is 15.3. The normalized spacial score (nSPS) is 17.3.